The Balaban J connectivity index is 1.88. The van der Waals surface area contributed by atoms with Gasteiger partial charge in [0.05, 0.1) is 0 Å². The lowest BCUT2D eigenvalue weighted by Gasteiger charge is -2.34. The maximum atomic E-state index is 12.2. The van der Waals surface area contributed by atoms with E-state index in [1.165, 1.54) is 5.56 Å². The second kappa shape index (κ2) is 6.61. The van der Waals surface area contributed by atoms with Gasteiger partial charge in [-0.15, -0.1) is 0 Å². The van der Waals surface area contributed by atoms with E-state index in [1.807, 2.05) is 24.3 Å². The molecule has 1 fully saturated rings. The van der Waals surface area contributed by atoms with Crippen LogP contribution in [0.5, 0.6) is 0 Å². The average molecular weight is 289 g/mol. The highest BCUT2D eigenvalue weighted by atomic mass is 16.2. The van der Waals surface area contributed by atoms with Gasteiger partial charge in [-0.25, -0.2) is 4.79 Å². The molecule has 0 bridgehead atoms. The van der Waals surface area contributed by atoms with Crippen molar-refractivity contribution in [3.63, 3.8) is 0 Å². The van der Waals surface area contributed by atoms with Crippen LogP contribution in [0.4, 0.5) is 10.5 Å². The molecule has 1 N–H and O–H groups in total. The molecule has 21 heavy (non-hydrogen) atoms. The highest BCUT2D eigenvalue weighted by Crippen LogP contribution is 2.17. The molecule has 3 amide bonds. The first kappa shape index (κ1) is 15.4. The van der Waals surface area contributed by atoms with Crippen molar-refractivity contribution >= 4 is 17.6 Å². The molecule has 114 valence electrons. The molecule has 0 saturated carbocycles. The number of hydrogen-bond donors (Lipinski definition) is 1. The number of urea groups is 1. The summed E-state index contributed by atoms with van der Waals surface area (Å²) in [5, 5.41) is 2.91. The largest absolute Gasteiger partial charge is 0.339 e. The molecule has 1 aromatic rings. The molecule has 5 heteroatoms. The lowest BCUT2D eigenvalue weighted by Crippen LogP contribution is -2.51. The van der Waals surface area contributed by atoms with Crippen LogP contribution in [0.15, 0.2) is 24.3 Å². The normalized spacial score (nSPS) is 15.2. The van der Waals surface area contributed by atoms with Gasteiger partial charge in [0, 0.05) is 38.8 Å². The quantitative estimate of drug-likeness (QED) is 0.909. The third-order valence-corrected chi connectivity index (χ3v) is 3.84. The van der Waals surface area contributed by atoms with Crippen molar-refractivity contribution in [1.29, 1.82) is 0 Å². The lowest BCUT2D eigenvalue weighted by molar-refractivity contribution is -0.130. The maximum absolute atomic E-state index is 12.2. The first-order chi connectivity index (χ1) is 9.97. The fourth-order valence-electron chi connectivity index (χ4n) is 2.38. The van der Waals surface area contributed by atoms with Gasteiger partial charge < -0.3 is 15.1 Å². The topological polar surface area (TPSA) is 52.7 Å². The molecular formula is C16H23N3O2. The predicted octanol–water partition coefficient (Wildman–Crippen LogP) is 2.51. The minimum atomic E-state index is -0.101. The van der Waals surface area contributed by atoms with Gasteiger partial charge in [-0.3, -0.25) is 4.79 Å². The third kappa shape index (κ3) is 3.97. The zero-order valence-electron chi connectivity index (χ0n) is 12.9. The summed E-state index contributed by atoms with van der Waals surface area (Å²) in [7, 11) is 0. The van der Waals surface area contributed by atoms with E-state index in [-0.39, 0.29) is 11.9 Å². The SMILES string of the molecule is CC(=O)N1CCN(C(=O)Nc2ccc(C(C)C)cc2)CC1. The zero-order chi connectivity index (χ0) is 15.4. The standard InChI is InChI=1S/C16H23N3O2/c1-12(2)14-4-6-15(7-5-14)17-16(21)19-10-8-18(9-11-19)13(3)20/h4-7,12H,8-11H2,1-3H3,(H,17,21). The van der Waals surface area contributed by atoms with Crippen molar-refractivity contribution in [2.45, 2.75) is 26.7 Å². The van der Waals surface area contributed by atoms with Gasteiger partial charge in [0.2, 0.25) is 5.91 Å². The van der Waals surface area contributed by atoms with Crippen molar-refractivity contribution in [2.24, 2.45) is 0 Å². The highest BCUT2D eigenvalue weighted by Gasteiger charge is 2.22. The van der Waals surface area contributed by atoms with Crippen molar-refractivity contribution in [2.75, 3.05) is 31.5 Å². The Bertz CT molecular complexity index is 503. The molecular weight excluding hydrogens is 266 g/mol. The van der Waals surface area contributed by atoms with Crippen LogP contribution in [0.1, 0.15) is 32.3 Å². The molecule has 0 unspecified atom stereocenters. The molecule has 0 spiro atoms. The summed E-state index contributed by atoms with van der Waals surface area (Å²) in [6.07, 6.45) is 0. The van der Waals surface area contributed by atoms with Gasteiger partial charge in [0.25, 0.3) is 0 Å². The van der Waals surface area contributed by atoms with Crippen molar-refractivity contribution in [3.05, 3.63) is 29.8 Å². The van der Waals surface area contributed by atoms with E-state index in [0.29, 0.717) is 32.1 Å². The Morgan fingerprint density at radius 3 is 2.00 bits per heavy atom. The van der Waals surface area contributed by atoms with Crippen LogP contribution < -0.4 is 5.32 Å². The van der Waals surface area contributed by atoms with Gasteiger partial charge in [-0.1, -0.05) is 26.0 Å². The van der Waals surface area contributed by atoms with E-state index in [4.69, 9.17) is 0 Å². The fraction of sp³-hybridized carbons (Fsp3) is 0.500. The van der Waals surface area contributed by atoms with Crippen LogP contribution >= 0.6 is 0 Å². The molecule has 0 radical (unpaired) electrons. The number of piperazine rings is 1. The molecule has 1 aromatic carbocycles. The van der Waals surface area contributed by atoms with E-state index in [1.54, 1.807) is 16.7 Å². The molecule has 2 rings (SSSR count). The summed E-state index contributed by atoms with van der Waals surface area (Å²) >= 11 is 0. The van der Waals surface area contributed by atoms with E-state index in [0.717, 1.165) is 5.69 Å². The highest BCUT2D eigenvalue weighted by molar-refractivity contribution is 5.89. The first-order valence-electron chi connectivity index (χ1n) is 7.39. The number of carbonyl (C=O) groups excluding carboxylic acids is 2. The average Bonchev–Trinajstić information content (AvgIpc) is 2.47. The first-order valence-corrected chi connectivity index (χ1v) is 7.39. The Kier molecular flexibility index (Phi) is 4.83. The van der Waals surface area contributed by atoms with Gasteiger partial charge >= 0.3 is 6.03 Å². The van der Waals surface area contributed by atoms with Crippen LogP contribution in [-0.4, -0.2) is 47.9 Å². The van der Waals surface area contributed by atoms with Crippen molar-refractivity contribution < 1.29 is 9.59 Å². The van der Waals surface area contributed by atoms with Crippen LogP contribution in [0.2, 0.25) is 0 Å². The molecule has 1 aliphatic rings. The van der Waals surface area contributed by atoms with Crippen molar-refractivity contribution in [1.82, 2.24) is 9.80 Å². The summed E-state index contributed by atoms with van der Waals surface area (Å²) in [4.78, 5) is 26.9. The summed E-state index contributed by atoms with van der Waals surface area (Å²) in [5.74, 6) is 0.550. The van der Waals surface area contributed by atoms with Crippen LogP contribution in [-0.2, 0) is 4.79 Å². The lowest BCUT2D eigenvalue weighted by atomic mass is 10.0. The number of nitrogens with zero attached hydrogens (tertiary/aromatic N) is 2. The summed E-state index contributed by atoms with van der Waals surface area (Å²) < 4.78 is 0. The number of hydrogen-bond acceptors (Lipinski definition) is 2. The summed E-state index contributed by atoms with van der Waals surface area (Å²) in [6, 6.07) is 7.83. The zero-order valence-corrected chi connectivity index (χ0v) is 12.9. The Morgan fingerprint density at radius 1 is 1.00 bits per heavy atom. The Labute approximate surface area is 125 Å². The number of anilines is 1. The maximum Gasteiger partial charge on any atom is 0.321 e. The van der Waals surface area contributed by atoms with E-state index in [2.05, 4.69) is 19.2 Å². The minimum absolute atomic E-state index is 0.0688. The minimum Gasteiger partial charge on any atom is -0.339 e. The number of nitrogens with one attached hydrogen (secondary N) is 1. The van der Waals surface area contributed by atoms with Gasteiger partial charge in [-0.2, -0.15) is 0 Å². The van der Waals surface area contributed by atoms with Gasteiger partial charge in [0.15, 0.2) is 0 Å². The Morgan fingerprint density at radius 2 is 1.52 bits per heavy atom. The molecule has 1 heterocycles. The third-order valence-electron chi connectivity index (χ3n) is 3.84. The molecule has 0 aromatic heterocycles. The predicted molar refractivity (Wildman–Crippen MR) is 83.4 cm³/mol. The summed E-state index contributed by atoms with van der Waals surface area (Å²) in [6.45, 7) is 8.21. The van der Waals surface area contributed by atoms with Gasteiger partial charge in [0.1, 0.15) is 0 Å². The second-order valence-corrected chi connectivity index (χ2v) is 5.70. The van der Waals surface area contributed by atoms with E-state index in [9.17, 15) is 9.59 Å². The molecule has 0 aliphatic carbocycles. The number of amides is 3. The van der Waals surface area contributed by atoms with Crippen LogP contribution in [0, 0.1) is 0 Å². The Hall–Kier alpha value is -2.04. The van der Waals surface area contributed by atoms with Crippen molar-refractivity contribution in [3.8, 4) is 0 Å². The van der Waals surface area contributed by atoms with E-state index >= 15 is 0 Å². The molecule has 5 nitrogen and oxygen atoms in total. The van der Waals surface area contributed by atoms with Crippen LogP contribution in [0.25, 0.3) is 0 Å². The number of rotatable bonds is 2. The molecule has 0 atom stereocenters. The smallest absolute Gasteiger partial charge is 0.321 e. The van der Waals surface area contributed by atoms with Gasteiger partial charge in [-0.05, 0) is 23.6 Å². The summed E-state index contributed by atoms with van der Waals surface area (Å²) in [5.41, 5.74) is 2.06. The number of carbonyl (C=O) groups is 2. The van der Waals surface area contributed by atoms with Crippen LogP contribution in [0.3, 0.4) is 0 Å². The number of benzene rings is 1. The molecule has 1 saturated heterocycles. The monoisotopic (exact) mass is 289 g/mol. The fourth-order valence-corrected chi connectivity index (χ4v) is 2.38. The second-order valence-electron chi connectivity index (χ2n) is 5.70. The van der Waals surface area contributed by atoms with E-state index < -0.39 is 0 Å². The molecule has 1 aliphatic heterocycles.